The molecule has 1 N–H and O–H groups in total. The van der Waals surface area contributed by atoms with Crippen LogP contribution in [0.1, 0.15) is 37.0 Å². The predicted octanol–water partition coefficient (Wildman–Crippen LogP) is 7.77. The molecule has 0 bridgehead atoms. The van der Waals surface area contributed by atoms with Crippen molar-refractivity contribution in [1.82, 2.24) is 4.98 Å². The summed E-state index contributed by atoms with van der Waals surface area (Å²) in [6.07, 6.45) is 0.494. The average molecular weight is 537 g/mol. The minimum Gasteiger partial charge on any atom is -0.456 e. The number of aromatic nitrogens is 1. The van der Waals surface area contributed by atoms with Gasteiger partial charge in [-0.1, -0.05) is 78.9 Å². The number of nitrogens with one attached hydrogen (secondary N) is 1. The number of carbonyl (C=O) groups excluding carboxylic acids is 2. The number of anilines is 1. The van der Waals surface area contributed by atoms with E-state index in [0.29, 0.717) is 28.9 Å². The molecule has 1 saturated carbocycles. The standard InChI is InChI=1S/C32H25FN2O5/c1-20(21-5-3-2-4-6-21)39-31(37)35-28-26-15-16-27(33)34-30(26)40-29(28)24-9-7-22(8-10-24)23-11-13-25(14-12-23)32(17-18-32)38-19-36/h2-16,19-20H,17-18H2,1H3,(H,35,37)/t20-/m1/s1. The number of nitrogens with zero attached hydrogens (tertiary/aromatic N) is 1. The Labute approximate surface area is 229 Å². The third-order valence-electron chi connectivity index (χ3n) is 7.17. The van der Waals surface area contributed by atoms with Gasteiger partial charge >= 0.3 is 6.09 Å². The first-order valence-corrected chi connectivity index (χ1v) is 12.9. The first-order chi connectivity index (χ1) is 19.5. The highest BCUT2D eigenvalue weighted by atomic mass is 19.1. The summed E-state index contributed by atoms with van der Waals surface area (Å²) in [7, 11) is 0. The molecule has 0 unspecified atom stereocenters. The Bertz CT molecular complexity index is 1680. The molecule has 0 saturated heterocycles. The van der Waals surface area contributed by atoms with Crippen molar-refractivity contribution in [3.8, 4) is 22.5 Å². The van der Waals surface area contributed by atoms with Crippen molar-refractivity contribution in [3.05, 3.63) is 108 Å². The van der Waals surface area contributed by atoms with Gasteiger partial charge < -0.3 is 13.9 Å². The molecule has 2 aromatic heterocycles. The molecule has 3 aromatic carbocycles. The zero-order valence-corrected chi connectivity index (χ0v) is 21.6. The van der Waals surface area contributed by atoms with Gasteiger partial charge in [-0.05, 0) is 54.2 Å². The van der Waals surface area contributed by atoms with Gasteiger partial charge in [-0.2, -0.15) is 9.37 Å². The Morgan fingerprint density at radius 2 is 1.60 bits per heavy atom. The number of ether oxygens (including phenoxy) is 2. The van der Waals surface area contributed by atoms with E-state index in [9.17, 15) is 14.0 Å². The molecular formula is C32H25FN2O5. The van der Waals surface area contributed by atoms with Gasteiger partial charge in [-0.3, -0.25) is 10.1 Å². The Morgan fingerprint density at radius 1 is 0.950 bits per heavy atom. The van der Waals surface area contributed by atoms with Crippen LogP contribution >= 0.6 is 0 Å². The van der Waals surface area contributed by atoms with Gasteiger partial charge in [-0.15, -0.1) is 0 Å². The van der Waals surface area contributed by atoms with Crippen LogP contribution in [0.4, 0.5) is 14.9 Å². The van der Waals surface area contributed by atoms with Crippen molar-refractivity contribution >= 4 is 29.4 Å². The molecule has 6 rings (SSSR count). The molecule has 200 valence electrons. The lowest BCUT2D eigenvalue weighted by Gasteiger charge is -2.14. The molecule has 1 aliphatic rings. The van der Waals surface area contributed by atoms with Crippen LogP contribution < -0.4 is 5.32 Å². The second-order valence-electron chi connectivity index (χ2n) is 9.74. The Morgan fingerprint density at radius 3 is 2.25 bits per heavy atom. The van der Waals surface area contributed by atoms with Crippen molar-refractivity contribution in [2.45, 2.75) is 31.5 Å². The first-order valence-electron chi connectivity index (χ1n) is 12.9. The van der Waals surface area contributed by atoms with Crippen LogP contribution in [-0.2, 0) is 19.9 Å². The highest BCUT2D eigenvalue weighted by molar-refractivity contribution is 6.03. The molecule has 0 radical (unpaired) electrons. The molecule has 2 heterocycles. The molecule has 40 heavy (non-hydrogen) atoms. The van der Waals surface area contributed by atoms with E-state index in [0.717, 1.165) is 35.1 Å². The van der Waals surface area contributed by atoms with E-state index in [1.54, 1.807) is 6.92 Å². The van der Waals surface area contributed by atoms with Crippen molar-refractivity contribution < 1.29 is 27.9 Å². The van der Waals surface area contributed by atoms with E-state index >= 15 is 0 Å². The van der Waals surface area contributed by atoms with E-state index in [-0.39, 0.29) is 5.71 Å². The molecule has 5 aromatic rings. The Kier molecular flexibility index (Phi) is 6.51. The number of hydrogen-bond donors (Lipinski definition) is 1. The topological polar surface area (TPSA) is 90.7 Å². The van der Waals surface area contributed by atoms with E-state index in [1.165, 1.54) is 12.1 Å². The monoisotopic (exact) mass is 536 g/mol. The molecule has 1 atom stereocenters. The lowest BCUT2D eigenvalue weighted by Crippen LogP contribution is -2.16. The number of fused-ring (bicyclic) bond motifs is 1. The fourth-order valence-electron chi connectivity index (χ4n) is 4.83. The SMILES string of the molecule is C[C@@H](OC(=O)Nc1c(-c2ccc(-c3ccc(C4(OC=O)CC4)cc3)cc2)oc2nc(F)ccc12)c1ccccc1. The lowest BCUT2D eigenvalue weighted by molar-refractivity contribution is -0.136. The molecule has 1 fully saturated rings. The van der Waals surface area contributed by atoms with Crippen molar-refractivity contribution in [2.75, 3.05) is 5.32 Å². The Hall–Kier alpha value is -4.98. The van der Waals surface area contributed by atoms with Crippen LogP contribution in [0, 0.1) is 5.95 Å². The highest BCUT2D eigenvalue weighted by Crippen LogP contribution is 2.49. The second-order valence-corrected chi connectivity index (χ2v) is 9.74. The van der Waals surface area contributed by atoms with E-state index in [1.807, 2.05) is 78.9 Å². The average Bonchev–Trinajstić information content (AvgIpc) is 3.68. The van der Waals surface area contributed by atoms with Gasteiger partial charge in [0.2, 0.25) is 11.7 Å². The second kappa shape index (κ2) is 10.3. The predicted molar refractivity (Wildman–Crippen MR) is 148 cm³/mol. The van der Waals surface area contributed by atoms with Crippen molar-refractivity contribution in [1.29, 1.82) is 0 Å². The summed E-state index contributed by atoms with van der Waals surface area (Å²) in [5, 5.41) is 3.23. The van der Waals surface area contributed by atoms with E-state index in [2.05, 4.69) is 10.3 Å². The molecular weight excluding hydrogens is 511 g/mol. The summed E-state index contributed by atoms with van der Waals surface area (Å²) in [6.45, 7) is 2.29. The van der Waals surface area contributed by atoms with Gasteiger partial charge in [0.15, 0.2) is 5.76 Å². The molecule has 8 heteroatoms. The van der Waals surface area contributed by atoms with Crippen LogP contribution in [0.5, 0.6) is 0 Å². The number of carbonyl (C=O) groups is 2. The molecule has 0 spiro atoms. The molecule has 7 nitrogen and oxygen atoms in total. The molecule has 1 amide bonds. The fraction of sp³-hybridized carbons (Fsp3) is 0.156. The third kappa shape index (κ3) is 4.91. The van der Waals surface area contributed by atoms with Crippen LogP contribution in [-0.4, -0.2) is 17.5 Å². The Balaban J connectivity index is 1.27. The quantitative estimate of drug-likeness (QED) is 0.161. The maximum atomic E-state index is 13.9. The van der Waals surface area contributed by atoms with E-state index < -0.39 is 23.7 Å². The number of halogens is 1. The third-order valence-corrected chi connectivity index (χ3v) is 7.17. The summed E-state index contributed by atoms with van der Waals surface area (Å²) >= 11 is 0. The van der Waals surface area contributed by atoms with Crippen LogP contribution in [0.3, 0.4) is 0 Å². The summed E-state index contributed by atoms with van der Waals surface area (Å²) in [6, 6.07) is 27.6. The van der Waals surface area contributed by atoms with Gasteiger partial charge in [0.05, 0.1) is 5.39 Å². The van der Waals surface area contributed by atoms with Crippen molar-refractivity contribution in [2.24, 2.45) is 0 Å². The summed E-state index contributed by atoms with van der Waals surface area (Å²) in [5.74, 6) is -0.356. The molecule has 0 aliphatic heterocycles. The number of hydrogen-bond acceptors (Lipinski definition) is 6. The molecule has 1 aliphatic carbocycles. The van der Waals surface area contributed by atoms with Crippen LogP contribution in [0.25, 0.3) is 33.6 Å². The highest BCUT2D eigenvalue weighted by Gasteiger charge is 2.46. The minimum atomic E-state index is -0.690. The number of rotatable bonds is 8. The number of amides is 1. The van der Waals surface area contributed by atoms with Crippen molar-refractivity contribution in [3.63, 3.8) is 0 Å². The van der Waals surface area contributed by atoms with Crippen LogP contribution in [0.15, 0.2) is 95.4 Å². The first kappa shape index (κ1) is 25.3. The van der Waals surface area contributed by atoms with Crippen LogP contribution in [0.2, 0.25) is 0 Å². The summed E-state index contributed by atoms with van der Waals surface area (Å²) in [4.78, 5) is 27.6. The van der Waals surface area contributed by atoms with Gasteiger partial charge in [0, 0.05) is 5.56 Å². The smallest absolute Gasteiger partial charge is 0.412 e. The summed E-state index contributed by atoms with van der Waals surface area (Å²) < 4.78 is 30.7. The minimum absolute atomic E-state index is 0.0626. The maximum Gasteiger partial charge on any atom is 0.412 e. The number of furan rings is 1. The lowest BCUT2D eigenvalue weighted by atomic mass is 9.99. The fourth-order valence-corrected chi connectivity index (χ4v) is 4.83. The zero-order chi connectivity index (χ0) is 27.7. The van der Waals surface area contributed by atoms with Gasteiger partial charge in [0.25, 0.3) is 6.47 Å². The normalized spacial score (nSPS) is 14.3. The number of benzene rings is 3. The van der Waals surface area contributed by atoms with Gasteiger partial charge in [0.1, 0.15) is 17.4 Å². The largest absolute Gasteiger partial charge is 0.456 e. The van der Waals surface area contributed by atoms with E-state index in [4.69, 9.17) is 13.9 Å². The number of pyridine rings is 1. The summed E-state index contributed by atoms with van der Waals surface area (Å²) in [5.41, 5.74) is 4.37. The van der Waals surface area contributed by atoms with Gasteiger partial charge in [-0.25, -0.2) is 4.79 Å². The maximum absolute atomic E-state index is 13.9. The zero-order valence-electron chi connectivity index (χ0n) is 21.6.